The van der Waals surface area contributed by atoms with Gasteiger partial charge >= 0.3 is 6.18 Å². The van der Waals surface area contributed by atoms with Crippen LogP contribution in [0.5, 0.6) is 0 Å². The number of anilines is 2. The number of para-hydroxylation sites is 1. The second-order valence-corrected chi connectivity index (χ2v) is 7.66. The Morgan fingerprint density at radius 2 is 1.78 bits per heavy atom. The van der Waals surface area contributed by atoms with E-state index in [1.54, 1.807) is 4.90 Å². The van der Waals surface area contributed by atoms with E-state index in [0.29, 0.717) is 38.5 Å². The largest absolute Gasteiger partial charge is 0.416 e. The Balaban J connectivity index is 1.47. The smallest absolute Gasteiger partial charge is 0.385 e. The summed E-state index contributed by atoms with van der Waals surface area (Å²) in [4.78, 5) is 24.6. The van der Waals surface area contributed by atoms with Gasteiger partial charge in [-0.2, -0.15) is 13.2 Å². The molecule has 1 amide bonds. The third-order valence-corrected chi connectivity index (χ3v) is 5.46. The molecule has 10 heteroatoms. The van der Waals surface area contributed by atoms with Gasteiger partial charge in [-0.15, -0.1) is 0 Å². The fraction of sp³-hybridized carbons (Fsp3) is 0.409. The van der Waals surface area contributed by atoms with Gasteiger partial charge in [-0.05, 0) is 43.5 Å². The Morgan fingerprint density at radius 3 is 2.41 bits per heavy atom. The van der Waals surface area contributed by atoms with Gasteiger partial charge in [0.2, 0.25) is 5.91 Å². The van der Waals surface area contributed by atoms with Crippen LogP contribution in [0.2, 0.25) is 0 Å². The molecule has 1 aliphatic heterocycles. The third-order valence-electron chi connectivity index (χ3n) is 5.46. The fourth-order valence-electron chi connectivity index (χ4n) is 3.73. The van der Waals surface area contributed by atoms with Crippen LogP contribution in [-0.4, -0.2) is 37.0 Å². The van der Waals surface area contributed by atoms with Gasteiger partial charge in [-0.1, -0.05) is 18.2 Å². The highest BCUT2D eigenvalue weighted by molar-refractivity contribution is 5.79. The molecule has 0 spiro atoms. The van der Waals surface area contributed by atoms with Crippen molar-refractivity contribution in [2.45, 2.75) is 25.4 Å². The molecule has 2 aromatic carbocycles. The molecule has 7 nitrogen and oxygen atoms in total. The first-order chi connectivity index (χ1) is 15.3. The average Bonchev–Trinajstić information content (AvgIpc) is 2.78. The summed E-state index contributed by atoms with van der Waals surface area (Å²) in [5.74, 6) is -0.284. The molecular weight excluding hydrogens is 425 g/mol. The van der Waals surface area contributed by atoms with E-state index in [2.05, 4.69) is 10.6 Å². The van der Waals surface area contributed by atoms with Gasteiger partial charge in [0.05, 0.1) is 10.5 Å². The van der Waals surface area contributed by atoms with Crippen molar-refractivity contribution >= 4 is 23.0 Å². The summed E-state index contributed by atoms with van der Waals surface area (Å²) in [6, 6.07) is 12.3. The van der Waals surface area contributed by atoms with Crippen molar-refractivity contribution in [1.29, 1.82) is 0 Å². The van der Waals surface area contributed by atoms with E-state index in [-0.39, 0.29) is 17.5 Å². The normalized spacial score (nSPS) is 14.8. The zero-order valence-corrected chi connectivity index (χ0v) is 17.4. The first-order valence-corrected chi connectivity index (χ1v) is 10.4. The molecule has 3 rings (SSSR count). The Bertz CT molecular complexity index is 930. The van der Waals surface area contributed by atoms with Gasteiger partial charge in [-0.3, -0.25) is 14.9 Å². The number of piperidine rings is 1. The van der Waals surface area contributed by atoms with Crippen molar-refractivity contribution in [3.8, 4) is 0 Å². The van der Waals surface area contributed by atoms with Crippen molar-refractivity contribution in [3.63, 3.8) is 0 Å². The number of nitrogens with zero attached hydrogens (tertiary/aromatic N) is 2. The molecule has 0 aliphatic carbocycles. The highest BCUT2D eigenvalue weighted by Crippen LogP contribution is 2.37. The van der Waals surface area contributed by atoms with E-state index in [1.807, 2.05) is 30.3 Å². The number of carbonyl (C=O) groups is 1. The van der Waals surface area contributed by atoms with Gasteiger partial charge < -0.3 is 15.5 Å². The number of hydrogen-bond acceptors (Lipinski definition) is 5. The standard InChI is InChI=1S/C22H25F3N4O3/c23-22(24,25)17-7-8-19(20(15-17)29(31)32)28-13-9-16(10-14-28)21(30)27-12-4-11-26-18-5-2-1-3-6-18/h1-3,5-8,15-16,26H,4,9-14H2,(H,27,30). The minimum atomic E-state index is -4.65. The lowest BCUT2D eigenvalue weighted by Gasteiger charge is -2.32. The topological polar surface area (TPSA) is 87.5 Å². The lowest BCUT2D eigenvalue weighted by molar-refractivity contribution is -0.384. The Morgan fingerprint density at radius 1 is 1.09 bits per heavy atom. The molecule has 0 unspecified atom stereocenters. The highest BCUT2D eigenvalue weighted by atomic mass is 19.4. The van der Waals surface area contributed by atoms with E-state index in [4.69, 9.17) is 0 Å². The average molecular weight is 450 g/mol. The Kier molecular flexibility index (Phi) is 7.55. The summed E-state index contributed by atoms with van der Waals surface area (Å²) >= 11 is 0. The van der Waals surface area contributed by atoms with Gasteiger partial charge in [-0.25, -0.2) is 0 Å². The SMILES string of the molecule is O=C(NCCCNc1ccccc1)C1CCN(c2ccc(C(F)(F)F)cc2[N+](=O)[O-])CC1. The molecule has 1 heterocycles. The fourth-order valence-corrected chi connectivity index (χ4v) is 3.73. The van der Waals surface area contributed by atoms with E-state index in [9.17, 15) is 28.1 Å². The summed E-state index contributed by atoms with van der Waals surface area (Å²) < 4.78 is 38.7. The number of hydrogen-bond donors (Lipinski definition) is 2. The molecule has 2 aromatic rings. The summed E-state index contributed by atoms with van der Waals surface area (Å²) in [6.07, 6.45) is -2.93. The summed E-state index contributed by atoms with van der Waals surface area (Å²) in [5, 5.41) is 17.5. The zero-order chi connectivity index (χ0) is 23.1. The van der Waals surface area contributed by atoms with Gasteiger partial charge in [0, 0.05) is 43.9 Å². The first kappa shape index (κ1) is 23.4. The number of amides is 1. The van der Waals surface area contributed by atoms with Crippen LogP contribution in [0.3, 0.4) is 0 Å². The summed E-state index contributed by atoms with van der Waals surface area (Å²) in [6.45, 7) is 1.98. The molecule has 172 valence electrons. The molecule has 1 saturated heterocycles. The van der Waals surface area contributed by atoms with Gasteiger partial charge in [0.1, 0.15) is 5.69 Å². The number of benzene rings is 2. The van der Waals surface area contributed by atoms with Crippen LogP contribution in [0.15, 0.2) is 48.5 Å². The molecular formula is C22H25F3N4O3. The summed E-state index contributed by atoms with van der Waals surface area (Å²) in [5.41, 5.74) is -0.463. The lowest BCUT2D eigenvalue weighted by Crippen LogP contribution is -2.41. The van der Waals surface area contributed by atoms with Crippen LogP contribution in [0.25, 0.3) is 0 Å². The predicted octanol–water partition coefficient (Wildman–Crippen LogP) is 4.45. The van der Waals surface area contributed by atoms with Crippen LogP contribution in [0.4, 0.5) is 30.2 Å². The van der Waals surface area contributed by atoms with Crippen LogP contribution in [-0.2, 0) is 11.0 Å². The molecule has 2 N–H and O–H groups in total. The first-order valence-electron chi connectivity index (χ1n) is 10.4. The third kappa shape index (κ3) is 6.12. The number of nitrogens with one attached hydrogen (secondary N) is 2. The van der Waals surface area contributed by atoms with E-state index < -0.39 is 22.4 Å². The van der Waals surface area contributed by atoms with E-state index in [1.165, 1.54) is 0 Å². The second-order valence-electron chi connectivity index (χ2n) is 7.66. The van der Waals surface area contributed by atoms with Crippen LogP contribution in [0.1, 0.15) is 24.8 Å². The van der Waals surface area contributed by atoms with Crippen molar-refractivity contribution < 1.29 is 22.9 Å². The van der Waals surface area contributed by atoms with Crippen molar-refractivity contribution in [2.24, 2.45) is 5.92 Å². The van der Waals surface area contributed by atoms with Gasteiger partial charge in [0.25, 0.3) is 5.69 Å². The minimum absolute atomic E-state index is 0.0636. The molecule has 0 radical (unpaired) electrons. The molecule has 0 bridgehead atoms. The van der Waals surface area contributed by atoms with Crippen molar-refractivity contribution in [1.82, 2.24) is 5.32 Å². The number of halogens is 3. The van der Waals surface area contributed by atoms with E-state index >= 15 is 0 Å². The van der Waals surface area contributed by atoms with Crippen LogP contribution in [0, 0.1) is 16.0 Å². The summed E-state index contributed by atoms with van der Waals surface area (Å²) in [7, 11) is 0. The maximum atomic E-state index is 12.9. The van der Waals surface area contributed by atoms with Crippen LogP contribution >= 0.6 is 0 Å². The zero-order valence-electron chi connectivity index (χ0n) is 17.4. The highest BCUT2D eigenvalue weighted by Gasteiger charge is 2.34. The Hall–Kier alpha value is -3.30. The van der Waals surface area contributed by atoms with Crippen molar-refractivity contribution in [2.75, 3.05) is 36.4 Å². The number of alkyl halides is 3. The monoisotopic (exact) mass is 450 g/mol. The van der Waals surface area contributed by atoms with E-state index in [0.717, 1.165) is 30.8 Å². The minimum Gasteiger partial charge on any atom is -0.385 e. The lowest BCUT2D eigenvalue weighted by atomic mass is 9.95. The number of nitro groups is 1. The van der Waals surface area contributed by atoms with Gasteiger partial charge in [0.15, 0.2) is 0 Å². The number of rotatable bonds is 8. The Labute approximate surface area is 183 Å². The molecule has 1 fully saturated rings. The molecule has 32 heavy (non-hydrogen) atoms. The number of carbonyl (C=O) groups excluding carboxylic acids is 1. The molecule has 0 aromatic heterocycles. The number of nitro benzene ring substituents is 1. The maximum absolute atomic E-state index is 12.9. The second kappa shape index (κ2) is 10.3. The molecule has 0 saturated carbocycles. The van der Waals surface area contributed by atoms with Crippen LogP contribution < -0.4 is 15.5 Å². The maximum Gasteiger partial charge on any atom is 0.416 e. The predicted molar refractivity (Wildman–Crippen MR) is 116 cm³/mol. The quantitative estimate of drug-likeness (QED) is 0.353. The molecule has 0 atom stereocenters. The van der Waals surface area contributed by atoms with Crippen molar-refractivity contribution in [3.05, 3.63) is 64.2 Å². The molecule has 1 aliphatic rings.